The zero-order valence-electron chi connectivity index (χ0n) is 8.17. The first-order valence-corrected chi connectivity index (χ1v) is 4.70. The van der Waals surface area contributed by atoms with Gasteiger partial charge in [0, 0.05) is 24.8 Å². The average molecular weight is 197 g/mol. The van der Waals surface area contributed by atoms with Crippen LogP contribution in [0.2, 0.25) is 0 Å². The summed E-state index contributed by atoms with van der Waals surface area (Å²) in [6.45, 7) is 0. The number of nitrogens with zero attached hydrogens (tertiary/aromatic N) is 2. The van der Waals surface area contributed by atoms with Crippen LogP contribution in [0.5, 0.6) is 0 Å². The number of allylic oxidation sites excluding steroid dienone is 6. The topological polar surface area (TPSA) is 36.8 Å². The van der Waals surface area contributed by atoms with Gasteiger partial charge in [0.05, 0.1) is 11.4 Å². The molecule has 3 nitrogen and oxygen atoms in total. The summed E-state index contributed by atoms with van der Waals surface area (Å²) < 4.78 is 0. The van der Waals surface area contributed by atoms with E-state index in [1.54, 1.807) is 12.4 Å². The summed E-state index contributed by atoms with van der Waals surface area (Å²) in [7, 11) is 0. The molecule has 74 valence electrons. The van der Waals surface area contributed by atoms with E-state index in [0.29, 0.717) is 0 Å². The van der Waals surface area contributed by atoms with Crippen LogP contribution in [0.1, 0.15) is 0 Å². The molecule has 0 saturated carbocycles. The highest BCUT2D eigenvalue weighted by Gasteiger charge is 2.07. The van der Waals surface area contributed by atoms with Crippen molar-refractivity contribution >= 4 is 12.4 Å². The summed E-state index contributed by atoms with van der Waals surface area (Å²) in [5.41, 5.74) is 1.98. The molecular weight excluding hydrogens is 186 g/mol. The van der Waals surface area contributed by atoms with Gasteiger partial charge >= 0.3 is 0 Å². The van der Waals surface area contributed by atoms with Crippen molar-refractivity contribution in [1.29, 1.82) is 0 Å². The number of hydrogen-bond acceptors (Lipinski definition) is 3. The minimum absolute atomic E-state index is 0.991. The Morgan fingerprint density at radius 2 is 1.27 bits per heavy atom. The van der Waals surface area contributed by atoms with Crippen molar-refractivity contribution in [2.24, 2.45) is 9.98 Å². The molecule has 0 aliphatic carbocycles. The van der Waals surface area contributed by atoms with E-state index >= 15 is 0 Å². The van der Waals surface area contributed by atoms with Crippen LogP contribution in [0.25, 0.3) is 0 Å². The van der Waals surface area contributed by atoms with Crippen molar-refractivity contribution in [2.75, 3.05) is 0 Å². The zero-order chi connectivity index (χ0) is 10.3. The fourth-order valence-corrected chi connectivity index (χ4v) is 1.17. The van der Waals surface area contributed by atoms with E-state index in [1.807, 2.05) is 48.9 Å². The molecule has 0 fully saturated rings. The lowest BCUT2D eigenvalue weighted by atomic mass is 10.4. The van der Waals surface area contributed by atoms with Gasteiger partial charge in [0.15, 0.2) is 0 Å². The maximum Gasteiger partial charge on any atom is 0.0901 e. The molecule has 3 heteroatoms. The smallest absolute Gasteiger partial charge is 0.0901 e. The molecule has 0 aromatic rings. The Labute approximate surface area is 88.6 Å². The molecule has 0 saturated heterocycles. The SMILES string of the molecule is C1=CC=CNC=C1.C1=NC2=CC=NC2=C1. The summed E-state index contributed by atoms with van der Waals surface area (Å²) in [6, 6.07) is 0. The fourth-order valence-electron chi connectivity index (χ4n) is 1.17. The van der Waals surface area contributed by atoms with Crippen molar-refractivity contribution in [2.45, 2.75) is 0 Å². The van der Waals surface area contributed by atoms with Crippen LogP contribution in [0.15, 0.2) is 70.2 Å². The Kier molecular flexibility index (Phi) is 3.07. The van der Waals surface area contributed by atoms with Crippen LogP contribution in [0.4, 0.5) is 0 Å². The second kappa shape index (κ2) is 4.91. The molecule has 0 unspecified atom stereocenters. The third-order valence-corrected chi connectivity index (χ3v) is 1.87. The molecule has 3 heterocycles. The molecule has 0 aromatic carbocycles. The molecule has 0 atom stereocenters. The highest BCUT2D eigenvalue weighted by Crippen LogP contribution is 2.19. The summed E-state index contributed by atoms with van der Waals surface area (Å²) >= 11 is 0. The first-order chi connectivity index (χ1) is 7.47. The van der Waals surface area contributed by atoms with Gasteiger partial charge in [-0.2, -0.15) is 0 Å². The van der Waals surface area contributed by atoms with Crippen LogP contribution >= 0.6 is 0 Å². The zero-order valence-corrected chi connectivity index (χ0v) is 8.17. The molecule has 3 aliphatic rings. The van der Waals surface area contributed by atoms with Crippen molar-refractivity contribution in [3.63, 3.8) is 0 Å². The van der Waals surface area contributed by atoms with E-state index in [9.17, 15) is 0 Å². The van der Waals surface area contributed by atoms with Gasteiger partial charge in [0.1, 0.15) is 0 Å². The maximum atomic E-state index is 4.02. The Hall–Kier alpha value is -2.16. The molecule has 15 heavy (non-hydrogen) atoms. The van der Waals surface area contributed by atoms with Gasteiger partial charge in [-0.1, -0.05) is 12.2 Å². The van der Waals surface area contributed by atoms with Gasteiger partial charge in [-0.05, 0) is 24.3 Å². The Bertz CT molecular complexity index is 392. The molecule has 3 aliphatic heterocycles. The number of aliphatic imine (C=N–C) groups is 2. The van der Waals surface area contributed by atoms with Gasteiger partial charge in [-0.3, -0.25) is 9.98 Å². The lowest BCUT2D eigenvalue weighted by Crippen LogP contribution is -1.87. The normalized spacial score (nSPS) is 18.7. The molecular formula is C12H11N3. The van der Waals surface area contributed by atoms with Crippen molar-refractivity contribution in [1.82, 2.24) is 5.32 Å². The lowest BCUT2D eigenvalue weighted by molar-refractivity contribution is 1.20. The maximum absolute atomic E-state index is 4.02. The largest absolute Gasteiger partial charge is 0.368 e. The highest BCUT2D eigenvalue weighted by molar-refractivity contribution is 5.88. The quantitative estimate of drug-likeness (QED) is 0.634. The van der Waals surface area contributed by atoms with Gasteiger partial charge in [-0.15, -0.1) is 0 Å². The van der Waals surface area contributed by atoms with E-state index in [1.165, 1.54) is 0 Å². The average Bonchev–Trinajstić information content (AvgIpc) is 2.73. The Morgan fingerprint density at radius 3 is 1.80 bits per heavy atom. The predicted molar refractivity (Wildman–Crippen MR) is 63.7 cm³/mol. The standard InChI is InChI=1S/C6H4N2.C6H7N/c1-3-7-6-2-4-8-5(1)6;1-2-4-6-7-5-3-1/h1-4H;1-7H. The summed E-state index contributed by atoms with van der Waals surface area (Å²) in [6.07, 6.45) is 18.9. The van der Waals surface area contributed by atoms with Crippen LogP contribution in [-0.4, -0.2) is 12.4 Å². The van der Waals surface area contributed by atoms with Gasteiger partial charge in [0.2, 0.25) is 0 Å². The minimum atomic E-state index is 0.991. The fraction of sp³-hybridized carbons (Fsp3) is 0. The van der Waals surface area contributed by atoms with Crippen LogP contribution in [0.3, 0.4) is 0 Å². The van der Waals surface area contributed by atoms with E-state index in [2.05, 4.69) is 15.3 Å². The summed E-state index contributed by atoms with van der Waals surface area (Å²) in [5, 5.41) is 2.92. The number of rotatable bonds is 0. The van der Waals surface area contributed by atoms with Crippen molar-refractivity contribution in [3.8, 4) is 0 Å². The summed E-state index contributed by atoms with van der Waals surface area (Å²) in [5.74, 6) is 0. The van der Waals surface area contributed by atoms with Crippen LogP contribution < -0.4 is 5.32 Å². The second-order valence-electron chi connectivity index (χ2n) is 2.93. The van der Waals surface area contributed by atoms with E-state index < -0.39 is 0 Å². The minimum Gasteiger partial charge on any atom is -0.368 e. The van der Waals surface area contributed by atoms with E-state index in [-0.39, 0.29) is 0 Å². The summed E-state index contributed by atoms with van der Waals surface area (Å²) in [4.78, 5) is 8.03. The van der Waals surface area contributed by atoms with E-state index in [0.717, 1.165) is 11.4 Å². The van der Waals surface area contributed by atoms with Crippen molar-refractivity contribution in [3.05, 3.63) is 60.3 Å². The third kappa shape index (κ3) is 2.64. The molecule has 0 bridgehead atoms. The van der Waals surface area contributed by atoms with Crippen LogP contribution in [-0.2, 0) is 0 Å². The van der Waals surface area contributed by atoms with Gasteiger partial charge in [0.25, 0.3) is 0 Å². The Balaban J connectivity index is 0.000000115. The lowest BCUT2D eigenvalue weighted by Gasteiger charge is -1.83. The first kappa shape index (κ1) is 9.40. The number of fused-ring (bicyclic) bond motifs is 1. The van der Waals surface area contributed by atoms with Gasteiger partial charge in [-0.25, -0.2) is 0 Å². The molecule has 3 rings (SSSR count). The van der Waals surface area contributed by atoms with E-state index in [4.69, 9.17) is 0 Å². The highest BCUT2D eigenvalue weighted by atomic mass is 14.9. The molecule has 0 amide bonds. The molecule has 0 spiro atoms. The Morgan fingerprint density at radius 1 is 0.733 bits per heavy atom. The third-order valence-electron chi connectivity index (χ3n) is 1.87. The first-order valence-electron chi connectivity index (χ1n) is 4.70. The monoisotopic (exact) mass is 197 g/mol. The van der Waals surface area contributed by atoms with Crippen LogP contribution in [0, 0.1) is 0 Å². The van der Waals surface area contributed by atoms with Gasteiger partial charge < -0.3 is 5.32 Å². The predicted octanol–water partition coefficient (Wildman–Crippen LogP) is 2.10. The number of hydrogen-bond donors (Lipinski definition) is 1. The number of nitrogens with one attached hydrogen (secondary N) is 1. The second-order valence-corrected chi connectivity index (χ2v) is 2.93. The molecule has 0 radical (unpaired) electrons. The molecule has 0 aromatic heterocycles. The van der Waals surface area contributed by atoms with Crippen molar-refractivity contribution < 1.29 is 0 Å². The molecule has 1 N–H and O–H groups in total.